The van der Waals surface area contributed by atoms with Crippen molar-refractivity contribution in [2.45, 2.75) is 19.3 Å². The van der Waals surface area contributed by atoms with E-state index in [0.29, 0.717) is 29.0 Å². The van der Waals surface area contributed by atoms with Crippen LogP contribution in [-0.4, -0.2) is 56.8 Å². The number of methoxy groups -OCH3 is 1. The molecule has 0 radical (unpaired) electrons. The number of benzene rings is 1. The predicted molar refractivity (Wildman–Crippen MR) is 110 cm³/mol. The fraction of sp³-hybridized carbons (Fsp3) is 0.450. The SMILES string of the molecule is COc1cccc(OCC(=O)Nc2cnc(N3CCCCC3)nc2N(C)C)c1. The van der Waals surface area contributed by atoms with Gasteiger partial charge in [-0.2, -0.15) is 4.98 Å². The monoisotopic (exact) mass is 385 g/mol. The van der Waals surface area contributed by atoms with E-state index in [1.807, 2.05) is 31.1 Å². The van der Waals surface area contributed by atoms with Crippen LogP contribution in [0.5, 0.6) is 11.5 Å². The summed E-state index contributed by atoms with van der Waals surface area (Å²) in [7, 11) is 5.37. The lowest BCUT2D eigenvalue weighted by molar-refractivity contribution is -0.118. The zero-order valence-electron chi connectivity index (χ0n) is 16.6. The van der Waals surface area contributed by atoms with Crippen molar-refractivity contribution in [3.63, 3.8) is 0 Å². The summed E-state index contributed by atoms with van der Waals surface area (Å²) in [6.45, 7) is 1.81. The van der Waals surface area contributed by atoms with Crippen molar-refractivity contribution in [3.8, 4) is 11.5 Å². The fourth-order valence-electron chi connectivity index (χ4n) is 3.07. The van der Waals surface area contributed by atoms with Crippen LogP contribution in [0.1, 0.15) is 19.3 Å². The number of amides is 1. The molecule has 1 fully saturated rings. The van der Waals surface area contributed by atoms with Gasteiger partial charge in [0.05, 0.1) is 13.3 Å². The summed E-state index contributed by atoms with van der Waals surface area (Å²) >= 11 is 0. The molecular formula is C20H27N5O3. The van der Waals surface area contributed by atoms with E-state index in [2.05, 4.69) is 20.2 Å². The Hall–Kier alpha value is -3.03. The summed E-state index contributed by atoms with van der Waals surface area (Å²) in [5.74, 6) is 2.34. The molecule has 150 valence electrons. The van der Waals surface area contributed by atoms with E-state index in [1.165, 1.54) is 6.42 Å². The van der Waals surface area contributed by atoms with Crippen molar-refractivity contribution in [2.75, 3.05) is 56.0 Å². The van der Waals surface area contributed by atoms with Crippen molar-refractivity contribution >= 4 is 23.4 Å². The van der Waals surface area contributed by atoms with Crippen LogP contribution < -0.4 is 24.6 Å². The van der Waals surface area contributed by atoms with Crippen LogP contribution >= 0.6 is 0 Å². The first-order valence-corrected chi connectivity index (χ1v) is 9.43. The van der Waals surface area contributed by atoms with Crippen LogP contribution in [-0.2, 0) is 4.79 Å². The summed E-state index contributed by atoms with van der Waals surface area (Å²) in [5, 5.41) is 2.84. The van der Waals surface area contributed by atoms with Crippen LogP contribution in [0.3, 0.4) is 0 Å². The Balaban J connectivity index is 1.65. The maximum absolute atomic E-state index is 12.3. The summed E-state index contributed by atoms with van der Waals surface area (Å²) in [4.78, 5) is 25.5. The molecule has 0 unspecified atom stereocenters. The highest BCUT2D eigenvalue weighted by Gasteiger charge is 2.18. The van der Waals surface area contributed by atoms with Gasteiger partial charge in [-0.05, 0) is 31.4 Å². The molecular weight excluding hydrogens is 358 g/mol. The van der Waals surface area contributed by atoms with Gasteiger partial charge in [-0.1, -0.05) is 6.07 Å². The Bertz CT molecular complexity index is 806. The molecule has 8 heteroatoms. The van der Waals surface area contributed by atoms with Gasteiger partial charge in [-0.3, -0.25) is 4.79 Å². The molecule has 3 rings (SSSR count). The molecule has 0 bridgehead atoms. The molecule has 28 heavy (non-hydrogen) atoms. The minimum Gasteiger partial charge on any atom is -0.497 e. The second-order valence-corrected chi connectivity index (χ2v) is 6.87. The highest BCUT2D eigenvalue weighted by atomic mass is 16.5. The lowest BCUT2D eigenvalue weighted by Gasteiger charge is -2.28. The first-order valence-electron chi connectivity index (χ1n) is 9.43. The first-order chi connectivity index (χ1) is 13.6. The van der Waals surface area contributed by atoms with Crippen LogP contribution in [0.4, 0.5) is 17.5 Å². The van der Waals surface area contributed by atoms with E-state index < -0.39 is 0 Å². The Morgan fingerprint density at radius 3 is 2.68 bits per heavy atom. The molecule has 0 spiro atoms. The largest absolute Gasteiger partial charge is 0.497 e. The van der Waals surface area contributed by atoms with Crippen molar-refractivity contribution in [1.29, 1.82) is 0 Å². The Morgan fingerprint density at radius 2 is 1.96 bits per heavy atom. The third kappa shape index (κ3) is 5.03. The zero-order valence-corrected chi connectivity index (χ0v) is 16.6. The van der Waals surface area contributed by atoms with Crippen molar-refractivity contribution < 1.29 is 14.3 Å². The maximum atomic E-state index is 12.3. The van der Waals surface area contributed by atoms with Crippen molar-refractivity contribution in [3.05, 3.63) is 30.5 Å². The third-order valence-electron chi connectivity index (χ3n) is 4.50. The lowest BCUT2D eigenvalue weighted by atomic mass is 10.1. The Labute approximate surface area is 165 Å². The number of carbonyl (C=O) groups is 1. The van der Waals surface area contributed by atoms with E-state index in [9.17, 15) is 4.79 Å². The minimum atomic E-state index is -0.278. The molecule has 0 aliphatic carbocycles. The minimum absolute atomic E-state index is 0.117. The number of nitrogens with one attached hydrogen (secondary N) is 1. The van der Waals surface area contributed by atoms with Crippen molar-refractivity contribution in [2.24, 2.45) is 0 Å². The molecule has 0 saturated carbocycles. The molecule has 1 aliphatic heterocycles. The Kier molecular flexibility index (Phi) is 6.52. The average molecular weight is 385 g/mol. The number of carbonyl (C=O) groups excluding carboxylic acids is 1. The molecule has 1 aromatic carbocycles. The molecule has 2 aromatic rings. The molecule has 1 aliphatic rings. The van der Waals surface area contributed by atoms with Crippen LogP contribution in [0.2, 0.25) is 0 Å². The lowest BCUT2D eigenvalue weighted by Crippen LogP contribution is -2.31. The van der Waals surface area contributed by atoms with Crippen LogP contribution in [0.25, 0.3) is 0 Å². The molecule has 1 saturated heterocycles. The zero-order chi connectivity index (χ0) is 19.9. The van der Waals surface area contributed by atoms with Gasteiger partial charge in [0.25, 0.3) is 5.91 Å². The number of rotatable bonds is 7. The third-order valence-corrected chi connectivity index (χ3v) is 4.50. The van der Waals surface area contributed by atoms with Gasteiger partial charge in [-0.15, -0.1) is 0 Å². The van der Waals surface area contributed by atoms with E-state index in [4.69, 9.17) is 9.47 Å². The first kappa shape index (κ1) is 19.7. The second-order valence-electron chi connectivity index (χ2n) is 6.87. The van der Waals surface area contributed by atoms with Gasteiger partial charge in [0, 0.05) is 33.3 Å². The number of nitrogens with zero attached hydrogens (tertiary/aromatic N) is 4. The maximum Gasteiger partial charge on any atom is 0.262 e. The van der Waals surface area contributed by atoms with Gasteiger partial charge in [0.15, 0.2) is 12.4 Å². The summed E-state index contributed by atoms with van der Waals surface area (Å²) in [5.41, 5.74) is 0.560. The second kappa shape index (κ2) is 9.25. The number of aromatic nitrogens is 2. The summed E-state index contributed by atoms with van der Waals surface area (Å²) in [6.07, 6.45) is 5.22. The fourth-order valence-corrected chi connectivity index (χ4v) is 3.07. The number of hydrogen-bond acceptors (Lipinski definition) is 7. The quantitative estimate of drug-likeness (QED) is 0.784. The van der Waals surface area contributed by atoms with Crippen LogP contribution in [0, 0.1) is 0 Å². The van der Waals surface area contributed by atoms with E-state index in [-0.39, 0.29) is 12.5 Å². The summed E-state index contributed by atoms with van der Waals surface area (Å²) in [6, 6.07) is 7.13. The highest BCUT2D eigenvalue weighted by Crippen LogP contribution is 2.25. The number of anilines is 3. The van der Waals surface area contributed by atoms with Gasteiger partial charge in [0.1, 0.15) is 17.2 Å². The van der Waals surface area contributed by atoms with Crippen molar-refractivity contribution in [1.82, 2.24) is 9.97 Å². The molecule has 1 amide bonds. The standard InChI is InChI=1S/C20H27N5O3/c1-24(2)19-17(13-21-20(23-19)25-10-5-4-6-11-25)22-18(26)14-28-16-9-7-8-15(12-16)27-3/h7-9,12-13H,4-6,10-11,14H2,1-3H3,(H,22,26). The smallest absolute Gasteiger partial charge is 0.262 e. The van der Waals surface area contributed by atoms with Gasteiger partial charge in [-0.25, -0.2) is 4.98 Å². The number of ether oxygens (including phenoxy) is 2. The Morgan fingerprint density at radius 1 is 1.21 bits per heavy atom. The van der Waals surface area contributed by atoms with E-state index >= 15 is 0 Å². The van der Waals surface area contributed by atoms with Gasteiger partial charge < -0.3 is 24.6 Å². The molecule has 0 atom stereocenters. The van der Waals surface area contributed by atoms with E-state index in [1.54, 1.807) is 25.4 Å². The van der Waals surface area contributed by atoms with Crippen LogP contribution in [0.15, 0.2) is 30.5 Å². The molecule has 1 N–H and O–H groups in total. The molecule has 1 aromatic heterocycles. The molecule has 2 heterocycles. The summed E-state index contributed by atoms with van der Waals surface area (Å²) < 4.78 is 10.7. The van der Waals surface area contributed by atoms with E-state index in [0.717, 1.165) is 25.9 Å². The topological polar surface area (TPSA) is 79.8 Å². The molecule has 8 nitrogen and oxygen atoms in total. The normalized spacial score (nSPS) is 13.8. The highest BCUT2D eigenvalue weighted by molar-refractivity contribution is 5.94. The van der Waals surface area contributed by atoms with Gasteiger partial charge in [0.2, 0.25) is 5.95 Å². The number of hydrogen-bond donors (Lipinski definition) is 1. The number of piperidine rings is 1. The average Bonchev–Trinajstić information content (AvgIpc) is 2.73. The predicted octanol–water partition coefficient (Wildman–Crippen LogP) is 2.56. The van der Waals surface area contributed by atoms with Gasteiger partial charge >= 0.3 is 0 Å².